The number of aryl methyl sites for hydroxylation is 3. The van der Waals surface area contributed by atoms with E-state index in [2.05, 4.69) is 10.3 Å². The average molecular weight is 343 g/mol. The zero-order valence-electron chi connectivity index (χ0n) is 15.4. The van der Waals surface area contributed by atoms with Crippen LogP contribution in [0.15, 0.2) is 35.5 Å². The predicted molar refractivity (Wildman–Crippen MR) is 98.4 cm³/mol. The van der Waals surface area contributed by atoms with Crippen LogP contribution in [0, 0.1) is 13.8 Å². The Bertz CT molecular complexity index is 740. The summed E-state index contributed by atoms with van der Waals surface area (Å²) >= 11 is 0. The van der Waals surface area contributed by atoms with E-state index in [4.69, 9.17) is 14.3 Å². The van der Waals surface area contributed by atoms with Crippen molar-refractivity contribution in [3.05, 3.63) is 52.9 Å². The fourth-order valence-corrected chi connectivity index (χ4v) is 2.45. The molecule has 6 nitrogen and oxygen atoms in total. The molecule has 1 aromatic heterocycles. The van der Waals surface area contributed by atoms with Crippen LogP contribution in [0.1, 0.15) is 29.4 Å². The molecule has 6 heteroatoms. The summed E-state index contributed by atoms with van der Waals surface area (Å²) in [6, 6.07) is 5.89. The van der Waals surface area contributed by atoms with Crippen LogP contribution >= 0.6 is 0 Å². The lowest BCUT2D eigenvalue weighted by atomic mass is 10.1. The first-order chi connectivity index (χ1) is 12.0. The molecule has 1 aromatic carbocycles. The van der Waals surface area contributed by atoms with Gasteiger partial charge in [-0.05, 0) is 50.1 Å². The summed E-state index contributed by atoms with van der Waals surface area (Å²) in [5.41, 5.74) is 3.74. The minimum Gasteiger partial charge on any atom is -0.490 e. The SMILES string of the molecule is C/C=C/COc1cc(C)c(OCc2cc(C=NOC)n(C)n2)c(C)c1. The lowest BCUT2D eigenvalue weighted by Crippen LogP contribution is -2.02. The van der Waals surface area contributed by atoms with Gasteiger partial charge in [0.05, 0.1) is 11.9 Å². The molecule has 0 unspecified atom stereocenters. The second kappa shape index (κ2) is 8.92. The molecule has 0 radical (unpaired) electrons. The molecule has 0 saturated heterocycles. The van der Waals surface area contributed by atoms with Crippen LogP contribution < -0.4 is 9.47 Å². The van der Waals surface area contributed by atoms with E-state index >= 15 is 0 Å². The minimum atomic E-state index is 0.384. The Morgan fingerprint density at radius 2 is 1.88 bits per heavy atom. The topological polar surface area (TPSA) is 57.9 Å². The summed E-state index contributed by atoms with van der Waals surface area (Å²) in [5, 5.41) is 8.18. The van der Waals surface area contributed by atoms with Crippen LogP contribution in [0.5, 0.6) is 11.5 Å². The van der Waals surface area contributed by atoms with Crippen molar-refractivity contribution >= 4 is 6.21 Å². The lowest BCUT2D eigenvalue weighted by Gasteiger charge is -2.13. The highest BCUT2D eigenvalue weighted by Gasteiger charge is 2.10. The summed E-state index contributed by atoms with van der Waals surface area (Å²) in [4.78, 5) is 4.70. The molecule has 2 aromatic rings. The number of hydrogen-bond donors (Lipinski definition) is 0. The molecule has 0 N–H and O–H groups in total. The van der Waals surface area contributed by atoms with Crippen molar-refractivity contribution in [2.45, 2.75) is 27.4 Å². The van der Waals surface area contributed by atoms with E-state index in [1.54, 1.807) is 10.9 Å². The van der Waals surface area contributed by atoms with Gasteiger partial charge in [-0.1, -0.05) is 17.3 Å². The van der Waals surface area contributed by atoms with E-state index in [-0.39, 0.29) is 0 Å². The Labute approximate surface area is 148 Å². The third-order valence-electron chi connectivity index (χ3n) is 3.64. The molecule has 0 amide bonds. The fourth-order valence-electron chi connectivity index (χ4n) is 2.45. The van der Waals surface area contributed by atoms with Crippen LogP contribution in [0.4, 0.5) is 0 Å². The Kier molecular flexibility index (Phi) is 6.62. The van der Waals surface area contributed by atoms with Crippen molar-refractivity contribution in [3.8, 4) is 11.5 Å². The van der Waals surface area contributed by atoms with E-state index < -0.39 is 0 Å². The zero-order chi connectivity index (χ0) is 18.2. The summed E-state index contributed by atoms with van der Waals surface area (Å²) in [7, 11) is 3.36. The lowest BCUT2D eigenvalue weighted by molar-refractivity contribution is 0.215. The van der Waals surface area contributed by atoms with E-state index in [1.807, 2.05) is 58.2 Å². The van der Waals surface area contributed by atoms with E-state index in [0.717, 1.165) is 34.0 Å². The van der Waals surface area contributed by atoms with Crippen molar-refractivity contribution in [2.75, 3.05) is 13.7 Å². The van der Waals surface area contributed by atoms with E-state index in [0.29, 0.717) is 13.2 Å². The molecular formula is C19H25N3O3. The highest BCUT2D eigenvalue weighted by molar-refractivity contribution is 5.76. The van der Waals surface area contributed by atoms with Gasteiger partial charge in [-0.25, -0.2) is 0 Å². The molecule has 0 saturated carbocycles. The van der Waals surface area contributed by atoms with Gasteiger partial charge >= 0.3 is 0 Å². The van der Waals surface area contributed by atoms with Crippen LogP contribution in [0.3, 0.4) is 0 Å². The van der Waals surface area contributed by atoms with E-state index in [1.165, 1.54) is 7.11 Å². The molecule has 0 spiro atoms. The summed E-state index contributed by atoms with van der Waals surface area (Å²) in [5.74, 6) is 1.70. The van der Waals surface area contributed by atoms with Crippen LogP contribution in [-0.2, 0) is 18.5 Å². The Hall–Kier alpha value is -2.76. The van der Waals surface area contributed by atoms with Crippen molar-refractivity contribution in [2.24, 2.45) is 12.2 Å². The smallest absolute Gasteiger partial charge is 0.132 e. The van der Waals surface area contributed by atoms with Gasteiger partial charge in [0.15, 0.2) is 0 Å². The number of oxime groups is 1. The van der Waals surface area contributed by atoms with Crippen molar-refractivity contribution in [3.63, 3.8) is 0 Å². The molecule has 0 aliphatic heterocycles. The summed E-state index contributed by atoms with van der Waals surface area (Å²) in [6.07, 6.45) is 5.56. The first-order valence-corrected chi connectivity index (χ1v) is 8.12. The third kappa shape index (κ3) is 5.11. The predicted octanol–water partition coefficient (Wildman–Crippen LogP) is 3.55. The largest absolute Gasteiger partial charge is 0.490 e. The molecule has 25 heavy (non-hydrogen) atoms. The van der Waals surface area contributed by atoms with Gasteiger partial charge in [-0.15, -0.1) is 0 Å². The second-order valence-electron chi connectivity index (χ2n) is 5.66. The number of aromatic nitrogens is 2. The maximum Gasteiger partial charge on any atom is 0.132 e. The standard InChI is InChI=1S/C19H25N3O3/c1-6-7-8-24-18-9-14(2)19(15(3)10-18)25-13-16-11-17(12-20-23-5)22(4)21-16/h6-7,9-12H,8,13H2,1-5H3/b7-6+,20-12?. The summed E-state index contributed by atoms with van der Waals surface area (Å²) < 4.78 is 13.4. The molecule has 134 valence electrons. The second-order valence-corrected chi connectivity index (χ2v) is 5.66. The van der Waals surface area contributed by atoms with E-state index in [9.17, 15) is 0 Å². The van der Waals surface area contributed by atoms with Gasteiger partial charge in [-0.3, -0.25) is 4.68 Å². The Balaban J connectivity index is 2.06. The highest BCUT2D eigenvalue weighted by Crippen LogP contribution is 2.29. The third-order valence-corrected chi connectivity index (χ3v) is 3.64. The first-order valence-electron chi connectivity index (χ1n) is 8.12. The number of allylic oxidation sites excluding steroid dienone is 1. The van der Waals surface area contributed by atoms with Crippen LogP contribution in [-0.4, -0.2) is 29.7 Å². The minimum absolute atomic E-state index is 0.384. The Morgan fingerprint density at radius 3 is 2.52 bits per heavy atom. The van der Waals surface area contributed by atoms with Gasteiger partial charge in [-0.2, -0.15) is 5.10 Å². The molecule has 0 atom stereocenters. The monoisotopic (exact) mass is 343 g/mol. The highest BCUT2D eigenvalue weighted by atomic mass is 16.6. The van der Waals surface area contributed by atoms with Gasteiger partial charge in [0.25, 0.3) is 0 Å². The molecule has 2 rings (SSSR count). The number of benzene rings is 1. The van der Waals surface area contributed by atoms with Crippen molar-refractivity contribution < 1.29 is 14.3 Å². The van der Waals surface area contributed by atoms with Gasteiger partial charge < -0.3 is 14.3 Å². The number of ether oxygens (including phenoxy) is 2. The maximum absolute atomic E-state index is 5.99. The van der Waals surface area contributed by atoms with Crippen LogP contribution in [0.25, 0.3) is 0 Å². The number of hydrogen-bond acceptors (Lipinski definition) is 5. The van der Waals surface area contributed by atoms with Crippen molar-refractivity contribution in [1.29, 1.82) is 0 Å². The Morgan fingerprint density at radius 1 is 1.16 bits per heavy atom. The number of nitrogens with zero attached hydrogens (tertiary/aromatic N) is 3. The average Bonchev–Trinajstić information content (AvgIpc) is 2.92. The quantitative estimate of drug-likeness (QED) is 0.418. The van der Waals surface area contributed by atoms with Crippen molar-refractivity contribution in [1.82, 2.24) is 9.78 Å². The first kappa shape index (κ1) is 18.6. The molecule has 1 heterocycles. The molecule has 0 bridgehead atoms. The maximum atomic E-state index is 5.99. The molecule has 0 aliphatic carbocycles. The zero-order valence-corrected chi connectivity index (χ0v) is 15.4. The molecule has 0 fully saturated rings. The summed E-state index contributed by atoms with van der Waals surface area (Å²) in [6.45, 7) is 6.95. The molecule has 0 aliphatic rings. The fraction of sp³-hybridized carbons (Fsp3) is 0.368. The van der Waals surface area contributed by atoms with Crippen LogP contribution in [0.2, 0.25) is 0 Å². The van der Waals surface area contributed by atoms with Gasteiger partial charge in [0.2, 0.25) is 0 Å². The number of rotatable bonds is 8. The normalized spacial score (nSPS) is 11.4. The molecular weight excluding hydrogens is 318 g/mol. The van der Waals surface area contributed by atoms with Gasteiger partial charge in [0.1, 0.15) is 37.5 Å². The van der Waals surface area contributed by atoms with Gasteiger partial charge in [0, 0.05) is 7.05 Å².